The van der Waals surface area contributed by atoms with Gasteiger partial charge in [0.05, 0.1) is 18.1 Å². The van der Waals surface area contributed by atoms with Crippen molar-refractivity contribution in [1.29, 1.82) is 0 Å². The van der Waals surface area contributed by atoms with Gasteiger partial charge in [0.1, 0.15) is 11.9 Å². The number of nitrogen functional groups attached to an aromatic ring is 1. The topological polar surface area (TPSA) is 82.1 Å². The lowest BCUT2D eigenvalue weighted by Gasteiger charge is -2.18. The zero-order chi connectivity index (χ0) is 23.3. The summed E-state index contributed by atoms with van der Waals surface area (Å²) < 4.78 is 8.10. The molecule has 0 radical (unpaired) electrons. The smallest absolute Gasteiger partial charge is 0.321 e. The van der Waals surface area contributed by atoms with Crippen LogP contribution in [0.2, 0.25) is 0 Å². The maximum absolute atomic E-state index is 6.26. The first-order valence-corrected chi connectivity index (χ1v) is 12.2. The van der Waals surface area contributed by atoms with Crippen LogP contribution in [0.15, 0.2) is 60.8 Å². The van der Waals surface area contributed by atoms with Gasteiger partial charge < -0.3 is 10.5 Å². The number of nitrogens with zero attached hydrogens (tertiary/aromatic N) is 5. The number of hydrogen-bond donors (Lipinski definition) is 1. The molecule has 2 aromatic carbocycles. The highest BCUT2D eigenvalue weighted by Gasteiger charge is 2.18. The van der Waals surface area contributed by atoms with Crippen molar-refractivity contribution in [2.24, 2.45) is 0 Å². The first-order chi connectivity index (χ1) is 16.7. The van der Waals surface area contributed by atoms with E-state index >= 15 is 0 Å². The van der Waals surface area contributed by atoms with E-state index in [4.69, 9.17) is 15.5 Å². The minimum atomic E-state index is -0.123. The van der Waals surface area contributed by atoms with Gasteiger partial charge in [-0.05, 0) is 49.0 Å². The molecular formula is C27H32N6O. The van der Waals surface area contributed by atoms with Crippen LogP contribution in [-0.2, 0) is 13.1 Å². The minimum absolute atomic E-state index is 0.123. The SMILES string of the molecule is CCCC(Oc1nc(N)c2cnn(Cc3ccc(CN4CCCC4)cc3)c2n1)c1ccccc1. The summed E-state index contributed by atoms with van der Waals surface area (Å²) in [5, 5.41) is 5.28. The predicted octanol–water partition coefficient (Wildman–Crippen LogP) is 4.97. The van der Waals surface area contributed by atoms with Crippen LogP contribution in [0, 0.1) is 0 Å². The van der Waals surface area contributed by atoms with Crippen molar-refractivity contribution in [3.05, 3.63) is 77.5 Å². The van der Waals surface area contributed by atoms with E-state index in [1.54, 1.807) is 6.20 Å². The normalized spacial score (nSPS) is 15.1. The molecule has 2 N–H and O–H groups in total. The fourth-order valence-electron chi connectivity index (χ4n) is 4.60. The molecule has 4 aromatic rings. The van der Waals surface area contributed by atoms with Crippen LogP contribution in [0.1, 0.15) is 55.4 Å². The van der Waals surface area contributed by atoms with E-state index in [0.29, 0.717) is 18.0 Å². The first kappa shape index (κ1) is 22.3. The lowest BCUT2D eigenvalue weighted by atomic mass is 10.1. The van der Waals surface area contributed by atoms with Gasteiger partial charge in [0, 0.05) is 6.54 Å². The Morgan fingerprint density at radius 1 is 0.941 bits per heavy atom. The van der Waals surface area contributed by atoms with Gasteiger partial charge in [0.15, 0.2) is 5.65 Å². The fourth-order valence-corrected chi connectivity index (χ4v) is 4.60. The Kier molecular flexibility index (Phi) is 6.72. The van der Waals surface area contributed by atoms with E-state index in [1.807, 2.05) is 22.9 Å². The predicted molar refractivity (Wildman–Crippen MR) is 135 cm³/mol. The highest BCUT2D eigenvalue weighted by atomic mass is 16.5. The molecule has 0 spiro atoms. The number of fused-ring (bicyclic) bond motifs is 1. The quantitative estimate of drug-likeness (QED) is 0.383. The Hall–Kier alpha value is -3.45. The number of hydrogen-bond acceptors (Lipinski definition) is 6. The number of anilines is 1. The van der Waals surface area contributed by atoms with Gasteiger partial charge in [-0.15, -0.1) is 0 Å². The number of rotatable bonds is 9. The number of nitrogens with two attached hydrogens (primary N) is 1. The number of ether oxygens (including phenoxy) is 1. The highest BCUT2D eigenvalue weighted by Crippen LogP contribution is 2.27. The summed E-state index contributed by atoms with van der Waals surface area (Å²) >= 11 is 0. The number of benzene rings is 2. The van der Waals surface area contributed by atoms with E-state index in [0.717, 1.165) is 30.3 Å². The van der Waals surface area contributed by atoms with Gasteiger partial charge in [0.25, 0.3) is 0 Å². The monoisotopic (exact) mass is 456 g/mol. The van der Waals surface area contributed by atoms with Crippen molar-refractivity contribution >= 4 is 16.9 Å². The molecule has 1 fully saturated rings. The fraction of sp³-hybridized carbons (Fsp3) is 0.370. The third kappa shape index (κ3) is 5.04. The van der Waals surface area contributed by atoms with Crippen LogP contribution in [0.3, 0.4) is 0 Å². The van der Waals surface area contributed by atoms with Crippen LogP contribution in [0.4, 0.5) is 5.82 Å². The van der Waals surface area contributed by atoms with Gasteiger partial charge in [-0.25, -0.2) is 4.68 Å². The first-order valence-electron chi connectivity index (χ1n) is 12.2. The van der Waals surface area contributed by atoms with Crippen molar-refractivity contribution in [1.82, 2.24) is 24.6 Å². The van der Waals surface area contributed by atoms with Gasteiger partial charge >= 0.3 is 6.01 Å². The van der Waals surface area contributed by atoms with Crippen LogP contribution in [-0.4, -0.2) is 37.7 Å². The second kappa shape index (κ2) is 10.2. The molecule has 0 aliphatic carbocycles. The maximum Gasteiger partial charge on any atom is 0.321 e. The molecule has 5 rings (SSSR count). The zero-order valence-corrected chi connectivity index (χ0v) is 19.7. The van der Waals surface area contributed by atoms with E-state index in [1.165, 1.54) is 37.1 Å². The molecule has 0 saturated carbocycles. The molecule has 2 aromatic heterocycles. The average molecular weight is 457 g/mol. The summed E-state index contributed by atoms with van der Waals surface area (Å²) in [5.74, 6) is 0.385. The molecule has 7 nitrogen and oxygen atoms in total. The molecule has 1 atom stereocenters. The second-order valence-corrected chi connectivity index (χ2v) is 9.04. The maximum atomic E-state index is 6.26. The Morgan fingerprint density at radius 2 is 1.65 bits per heavy atom. The van der Waals surface area contributed by atoms with Crippen molar-refractivity contribution < 1.29 is 4.74 Å². The third-order valence-corrected chi connectivity index (χ3v) is 6.44. The highest BCUT2D eigenvalue weighted by molar-refractivity contribution is 5.85. The van der Waals surface area contributed by atoms with E-state index < -0.39 is 0 Å². The van der Waals surface area contributed by atoms with Gasteiger partial charge in [-0.2, -0.15) is 15.1 Å². The largest absolute Gasteiger partial charge is 0.455 e. The molecule has 0 bridgehead atoms. The van der Waals surface area contributed by atoms with E-state index in [-0.39, 0.29) is 12.1 Å². The summed E-state index contributed by atoms with van der Waals surface area (Å²) in [6, 6.07) is 19.2. The molecule has 0 amide bonds. The van der Waals surface area contributed by atoms with Crippen LogP contribution in [0.25, 0.3) is 11.0 Å². The molecule has 1 aliphatic rings. The zero-order valence-electron chi connectivity index (χ0n) is 19.7. The molecular weight excluding hydrogens is 424 g/mol. The Bertz CT molecular complexity index is 1220. The van der Waals surface area contributed by atoms with Gasteiger partial charge in [-0.1, -0.05) is 67.9 Å². The van der Waals surface area contributed by atoms with Crippen LogP contribution >= 0.6 is 0 Å². The Balaban J connectivity index is 1.35. The van der Waals surface area contributed by atoms with Crippen LogP contribution in [0.5, 0.6) is 6.01 Å². The standard InChI is InChI=1S/C27H32N6O/c1-2-8-24(22-9-4-3-5-10-22)34-27-30-25(28)23-17-29-33(26(23)31-27)19-21-13-11-20(12-14-21)18-32-15-6-7-16-32/h3-5,9-14,17,24H,2,6-8,15-16,18-19H2,1H3,(H2,28,30,31). The van der Waals surface area contributed by atoms with E-state index in [2.05, 4.69) is 58.3 Å². The molecule has 34 heavy (non-hydrogen) atoms. The molecule has 1 aliphatic heterocycles. The van der Waals surface area contributed by atoms with Crippen molar-refractivity contribution in [2.45, 2.75) is 51.8 Å². The average Bonchev–Trinajstić information content (AvgIpc) is 3.51. The second-order valence-electron chi connectivity index (χ2n) is 9.04. The summed E-state index contributed by atoms with van der Waals surface area (Å²) in [7, 11) is 0. The van der Waals surface area contributed by atoms with Crippen molar-refractivity contribution in [3.63, 3.8) is 0 Å². The van der Waals surface area contributed by atoms with E-state index in [9.17, 15) is 0 Å². The molecule has 3 heterocycles. The van der Waals surface area contributed by atoms with Crippen molar-refractivity contribution in [2.75, 3.05) is 18.8 Å². The summed E-state index contributed by atoms with van der Waals surface area (Å²) in [6.45, 7) is 6.19. The summed E-state index contributed by atoms with van der Waals surface area (Å²) in [6.07, 6.45) is 6.09. The molecule has 7 heteroatoms. The Morgan fingerprint density at radius 3 is 2.35 bits per heavy atom. The number of likely N-dealkylation sites (tertiary alicyclic amines) is 1. The lowest BCUT2D eigenvalue weighted by Crippen LogP contribution is -2.18. The Labute approximate surface area is 200 Å². The number of aromatic nitrogens is 4. The summed E-state index contributed by atoms with van der Waals surface area (Å²) in [5.41, 5.74) is 10.6. The van der Waals surface area contributed by atoms with Crippen molar-refractivity contribution in [3.8, 4) is 6.01 Å². The van der Waals surface area contributed by atoms with Crippen LogP contribution < -0.4 is 10.5 Å². The van der Waals surface area contributed by atoms with Gasteiger partial charge in [-0.3, -0.25) is 4.90 Å². The molecule has 1 unspecified atom stereocenters. The minimum Gasteiger partial charge on any atom is -0.455 e. The summed E-state index contributed by atoms with van der Waals surface area (Å²) in [4.78, 5) is 11.6. The molecule has 1 saturated heterocycles. The molecule has 176 valence electrons. The van der Waals surface area contributed by atoms with Gasteiger partial charge in [0.2, 0.25) is 0 Å². The lowest BCUT2D eigenvalue weighted by molar-refractivity contribution is 0.178. The third-order valence-electron chi connectivity index (χ3n) is 6.44.